The third-order valence-corrected chi connectivity index (χ3v) is 3.59. The number of benzene rings is 1. The maximum atomic E-state index is 5.97. The van der Waals surface area contributed by atoms with Gasteiger partial charge < -0.3 is 15.4 Å². The van der Waals surface area contributed by atoms with Crippen molar-refractivity contribution in [3.05, 3.63) is 30.5 Å². The smallest absolute Gasteiger partial charge is 0.159 e. The number of morpholine rings is 1. The molecule has 2 aromatic rings. The van der Waals surface area contributed by atoms with Crippen molar-refractivity contribution in [2.75, 3.05) is 24.5 Å². The minimum Gasteiger partial charge on any atom is -0.367 e. The first-order chi connectivity index (χ1) is 9.59. The molecule has 1 unspecified atom stereocenters. The summed E-state index contributed by atoms with van der Waals surface area (Å²) < 4.78 is 5.97. The van der Waals surface area contributed by atoms with Crippen LogP contribution >= 0.6 is 0 Å². The van der Waals surface area contributed by atoms with Crippen molar-refractivity contribution in [1.29, 1.82) is 0 Å². The zero-order valence-electron chi connectivity index (χ0n) is 11.9. The molecule has 0 saturated carbocycles. The third-order valence-electron chi connectivity index (χ3n) is 3.59. The first-order valence-corrected chi connectivity index (χ1v) is 6.92. The Labute approximate surface area is 118 Å². The van der Waals surface area contributed by atoms with Crippen LogP contribution in [0.1, 0.15) is 13.8 Å². The number of aromatic nitrogens is 2. The minimum atomic E-state index is -0.235. The van der Waals surface area contributed by atoms with E-state index in [0.29, 0.717) is 6.54 Å². The van der Waals surface area contributed by atoms with Gasteiger partial charge in [-0.25, -0.2) is 0 Å². The summed E-state index contributed by atoms with van der Waals surface area (Å²) in [6.07, 6.45) is 1.82. The lowest BCUT2D eigenvalue weighted by molar-refractivity contribution is -0.0789. The second-order valence-corrected chi connectivity index (χ2v) is 5.87. The minimum absolute atomic E-state index is 0.0273. The highest BCUT2D eigenvalue weighted by atomic mass is 16.5. The van der Waals surface area contributed by atoms with Gasteiger partial charge in [0.05, 0.1) is 17.9 Å². The lowest BCUT2D eigenvalue weighted by atomic mass is 10.0. The van der Waals surface area contributed by atoms with Crippen LogP contribution in [0.3, 0.4) is 0 Å². The largest absolute Gasteiger partial charge is 0.367 e. The summed E-state index contributed by atoms with van der Waals surface area (Å²) in [6.45, 7) is 6.22. The van der Waals surface area contributed by atoms with E-state index in [1.165, 1.54) is 0 Å². The molecule has 1 saturated heterocycles. The Hall–Kier alpha value is -1.72. The standard InChI is InChI=1S/C15H20N4O/c1-15(2)10-19(9-12(7-16)20-15)14-13-6-4-3-5-11(13)8-17-18-14/h3-6,8,12H,7,9-10,16H2,1-2H3. The average molecular weight is 272 g/mol. The Morgan fingerprint density at radius 3 is 3.00 bits per heavy atom. The van der Waals surface area contributed by atoms with Crippen LogP contribution < -0.4 is 10.6 Å². The van der Waals surface area contributed by atoms with Crippen molar-refractivity contribution in [2.45, 2.75) is 25.6 Å². The maximum Gasteiger partial charge on any atom is 0.159 e. The molecule has 0 amide bonds. The lowest BCUT2D eigenvalue weighted by Crippen LogP contribution is -2.55. The number of anilines is 1. The van der Waals surface area contributed by atoms with Crippen molar-refractivity contribution in [1.82, 2.24) is 10.2 Å². The Bertz CT molecular complexity index is 608. The van der Waals surface area contributed by atoms with Crippen LogP contribution in [0.15, 0.2) is 30.5 Å². The Morgan fingerprint density at radius 2 is 2.20 bits per heavy atom. The number of fused-ring (bicyclic) bond motifs is 1. The number of ether oxygens (including phenoxy) is 1. The summed E-state index contributed by atoms with van der Waals surface area (Å²) in [5, 5.41) is 10.7. The van der Waals surface area contributed by atoms with Gasteiger partial charge in [0.25, 0.3) is 0 Å². The molecule has 1 aromatic carbocycles. The average Bonchev–Trinajstić information content (AvgIpc) is 2.45. The van der Waals surface area contributed by atoms with E-state index in [0.717, 1.165) is 29.7 Å². The maximum absolute atomic E-state index is 5.97. The number of rotatable bonds is 2. The molecule has 20 heavy (non-hydrogen) atoms. The van der Waals surface area contributed by atoms with Crippen LogP contribution in [0.5, 0.6) is 0 Å². The van der Waals surface area contributed by atoms with Gasteiger partial charge in [-0.1, -0.05) is 24.3 Å². The van der Waals surface area contributed by atoms with Gasteiger partial charge in [0.1, 0.15) is 0 Å². The van der Waals surface area contributed by atoms with E-state index in [1.807, 2.05) is 12.1 Å². The topological polar surface area (TPSA) is 64.3 Å². The molecule has 0 radical (unpaired) electrons. The predicted molar refractivity (Wildman–Crippen MR) is 79.8 cm³/mol. The van der Waals surface area contributed by atoms with Crippen molar-refractivity contribution < 1.29 is 4.74 Å². The fraction of sp³-hybridized carbons (Fsp3) is 0.467. The molecule has 1 aliphatic heterocycles. The van der Waals surface area contributed by atoms with E-state index in [4.69, 9.17) is 10.5 Å². The van der Waals surface area contributed by atoms with Gasteiger partial charge in [-0.3, -0.25) is 0 Å². The Kier molecular flexibility index (Phi) is 3.31. The summed E-state index contributed by atoms with van der Waals surface area (Å²) in [6, 6.07) is 8.18. The second kappa shape index (κ2) is 5.00. The normalized spacial score (nSPS) is 22.1. The summed E-state index contributed by atoms with van der Waals surface area (Å²) in [5.74, 6) is 0.915. The van der Waals surface area contributed by atoms with Gasteiger partial charge >= 0.3 is 0 Å². The van der Waals surface area contributed by atoms with Gasteiger partial charge in [0.2, 0.25) is 0 Å². The Morgan fingerprint density at radius 1 is 1.40 bits per heavy atom. The van der Waals surface area contributed by atoms with Gasteiger partial charge in [0.15, 0.2) is 5.82 Å². The summed E-state index contributed by atoms with van der Waals surface area (Å²) in [5.41, 5.74) is 5.55. The van der Waals surface area contributed by atoms with E-state index in [-0.39, 0.29) is 11.7 Å². The molecule has 0 spiro atoms. The molecule has 1 aromatic heterocycles. The highest BCUT2D eigenvalue weighted by molar-refractivity contribution is 5.91. The third kappa shape index (κ3) is 2.46. The van der Waals surface area contributed by atoms with Gasteiger partial charge in [0, 0.05) is 30.4 Å². The van der Waals surface area contributed by atoms with Crippen LogP contribution in [0, 0.1) is 0 Å². The molecule has 0 bridgehead atoms. The molecule has 2 N–H and O–H groups in total. The van der Waals surface area contributed by atoms with E-state index < -0.39 is 0 Å². The molecule has 1 aliphatic rings. The molecule has 1 fully saturated rings. The molecule has 2 heterocycles. The van der Waals surface area contributed by atoms with Crippen LogP contribution in [-0.4, -0.2) is 41.5 Å². The molecule has 5 heteroatoms. The first-order valence-electron chi connectivity index (χ1n) is 6.92. The predicted octanol–water partition coefficient (Wildman–Crippen LogP) is 1.57. The molecule has 5 nitrogen and oxygen atoms in total. The number of nitrogens with two attached hydrogens (primary N) is 1. The number of nitrogens with zero attached hydrogens (tertiary/aromatic N) is 3. The number of hydrogen-bond donors (Lipinski definition) is 1. The molecule has 0 aliphatic carbocycles. The Balaban J connectivity index is 2.01. The monoisotopic (exact) mass is 272 g/mol. The SMILES string of the molecule is CC1(C)CN(c2nncc3ccccc23)CC(CN)O1. The highest BCUT2D eigenvalue weighted by Crippen LogP contribution is 2.29. The van der Waals surface area contributed by atoms with Gasteiger partial charge in [-0.15, -0.1) is 5.10 Å². The molecule has 3 rings (SSSR count). The van der Waals surface area contributed by atoms with Crippen LogP contribution in [0.4, 0.5) is 5.82 Å². The molecule has 1 atom stereocenters. The summed E-state index contributed by atoms with van der Waals surface area (Å²) >= 11 is 0. The van der Waals surface area contributed by atoms with Crippen LogP contribution in [0.25, 0.3) is 10.8 Å². The fourth-order valence-corrected chi connectivity index (χ4v) is 2.83. The first kappa shape index (κ1) is 13.3. The zero-order valence-corrected chi connectivity index (χ0v) is 11.9. The van der Waals surface area contributed by atoms with E-state index in [1.54, 1.807) is 6.20 Å². The van der Waals surface area contributed by atoms with Gasteiger partial charge in [-0.05, 0) is 13.8 Å². The van der Waals surface area contributed by atoms with Crippen molar-refractivity contribution in [3.63, 3.8) is 0 Å². The summed E-state index contributed by atoms with van der Waals surface area (Å²) in [4.78, 5) is 2.23. The van der Waals surface area contributed by atoms with Crippen molar-refractivity contribution in [2.24, 2.45) is 5.73 Å². The molecular weight excluding hydrogens is 252 g/mol. The second-order valence-electron chi connectivity index (χ2n) is 5.87. The van der Waals surface area contributed by atoms with E-state index in [9.17, 15) is 0 Å². The molecule has 106 valence electrons. The lowest BCUT2D eigenvalue weighted by Gasteiger charge is -2.43. The van der Waals surface area contributed by atoms with E-state index in [2.05, 4.69) is 41.1 Å². The van der Waals surface area contributed by atoms with Crippen molar-refractivity contribution in [3.8, 4) is 0 Å². The molecular formula is C15H20N4O. The van der Waals surface area contributed by atoms with Crippen LogP contribution in [-0.2, 0) is 4.74 Å². The highest BCUT2D eigenvalue weighted by Gasteiger charge is 2.34. The van der Waals surface area contributed by atoms with E-state index >= 15 is 0 Å². The quantitative estimate of drug-likeness (QED) is 0.899. The fourth-order valence-electron chi connectivity index (χ4n) is 2.83. The number of hydrogen-bond acceptors (Lipinski definition) is 5. The van der Waals surface area contributed by atoms with Gasteiger partial charge in [-0.2, -0.15) is 5.10 Å². The zero-order chi connectivity index (χ0) is 14.2. The summed E-state index contributed by atoms with van der Waals surface area (Å²) in [7, 11) is 0. The van der Waals surface area contributed by atoms with Crippen LogP contribution in [0.2, 0.25) is 0 Å². The van der Waals surface area contributed by atoms with Crippen molar-refractivity contribution >= 4 is 16.6 Å².